The third kappa shape index (κ3) is 4.15. The van der Waals surface area contributed by atoms with Gasteiger partial charge in [0, 0.05) is 12.7 Å². The molecule has 0 fully saturated rings. The van der Waals surface area contributed by atoms with Gasteiger partial charge in [0.25, 0.3) is 0 Å². The van der Waals surface area contributed by atoms with Crippen LogP contribution < -0.4 is 5.32 Å². The lowest BCUT2D eigenvalue weighted by Gasteiger charge is -2.17. The molecule has 0 heterocycles. The minimum atomic E-state index is -4.59. The first-order chi connectivity index (χ1) is 11.6. The number of nitrogens with one attached hydrogen (secondary N) is 1. The topological polar surface area (TPSA) is 66.5 Å². The van der Waals surface area contributed by atoms with Crippen LogP contribution in [-0.4, -0.2) is 32.2 Å². The predicted octanol–water partition coefficient (Wildman–Crippen LogP) is 2.50. The van der Waals surface area contributed by atoms with E-state index >= 15 is 0 Å². The van der Waals surface area contributed by atoms with Crippen LogP contribution in [0.3, 0.4) is 0 Å². The maximum absolute atomic E-state index is 13.7. The molecule has 0 aromatic heterocycles. The minimum absolute atomic E-state index is 0.0924. The number of sulfonamides is 1. The van der Waals surface area contributed by atoms with Gasteiger partial charge in [-0.15, -0.1) is 0 Å². The molecular formula is C15H12F4N2O3S. The number of anilines is 1. The average Bonchev–Trinajstić information content (AvgIpc) is 2.52. The Labute approximate surface area is 140 Å². The van der Waals surface area contributed by atoms with Gasteiger partial charge < -0.3 is 5.32 Å². The Morgan fingerprint density at radius 3 is 2.40 bits per heavy atom. The Morgan fingerprint density at radius 1 is 1.08 bits per heavy atom. The van der Waals surface area contributed by atoms with E-state index in [0.29, 0.717) is 16.4 Å². The van der Waals surface area contributed by atoms with Crippen LogP contribution in [-0.2, 0) is 14.8 Å². The molecule has 0 spiro atoms. The first-order valence-electron chi connectivity index (χ1n) is 6.78. The summed E-state index contributed by atoms with van der Waals surface area (Å²) >= 11 is 0. The number of carbonyl (C=O) groups is 1. The summed E-state index contributed by atoms with van der Waals surface area (Å²) in [6.45, 7) is -0.753. The summed E-state index contributed by atoms with van der Waals surface area (Å²) in [4.78, 5) is 10.7. The van der Waals surface area contributed by atoms with Crippen molar-refractivity contribution in [3.05, 3.63) is 59.7 Å². The lowest BCUT2D eigenvalue weighted by atomic mass is 10.3. The summed E-state index contributed by atoms with van der Waals surface area (Å²) in [5.41, 5.74) is 0.0924. The molecule has 1 N–H and O–H groups in total. The molecule has 25 heavy (non-hydrogen) atoms. The molecule has 0 aliphatic heterocycles. The van der Waals surface area contributed by atoms with Crippen LogP contribution >= 0.6 is 0 Å². The van der Waals surface area contributed by atoms with Gasteiger partial charge >= 0.3 is 0 Å². The third-order valence-corrected chi connectivity index (χ3v) is 4.98. The number of hydrogen-bond acceptors (Lipinski definition) is 3. The number of halogens is 4. The molecule has 0 aliphatic carbocycles. The van der Waals surface area contributed by atoms with Crippen molar-refractivity contribution in [2.75, 3.05) is 18.9 Å². The zero-order valence-corrected chi connectivity index (χ0v) is 13.6. The molecule has 10 heteroatoms. The van der Waals surface area contributed by atoms with Crippen molar-refractivity contribution in [1.82, 2.24) is 4.31 Å². The zero-order chi connectivity index (χ0) is 18.8. The van der Waals surface area contributed by atoms with Gasteiger partial charge in [0.05, 0.1) is 6.54 Å². The number of hydrogen-bond donors (Lipinski definition) is 1. The molecule has 0 bridgehead atoms. The smallest absolute Gasteiger partial charge is 0.246 e. The highest BCUT2D eigenvalue weighted by Crippen LogP contribution is 2.22. The van der Waals surface area contributed by atoms with Crippen molar-refractivity contribution in [2.24, 2.45) is 0 Å². The monoisotopic (exact) mass is 376 g/mol. The van der Waals surface area contributed by atoms with Gasteiger partial charge in [-0.25, -0.2) is 26.0 Å². The van der Waals surface area contributed by atoms with Gasteiger partial charge in [0.1, 0.15) is 10.7 Å². The number of rotatable bonds is 5. The van der Waals surface area contributed by atoms with E-state index in [0.717, 1.165) is 19.2 Å². The van der Waals surface area contributed by atoms with Crippen molar-refractivity contribution in [2.45, 2.75) is 4.90 Å². The zero-order valence-electron chi connectivity index (χ0n) is 12.8. The molecule has 0 atom stereocenters. The van der Waals surface area contributed by atoms with Crippen molar-refractivity contribution in [3.63, 3.8) is 0 Å². The van der Waals surface area contributed by atoms with E-state index in [1.807, 2.05) is 0 Å². The quantitative estimate of drug-likeness (QED) is 0.644. The molecule has 0 unspecified atom stereocenters. The lowest BCUT2D eigenvalue weighted by molar-refractivity contribution is -0.116. The normalized spacial score (nSPS) is 11.6. The number of benzene rings is 2. The van der Waals surface area contributed by atoms with Crippen LogP contribution in [0.2, 0.25) is 0 Å². The number of carbonyl (C=O) groups excluding carboxylic acids is 1. The van der Waals surface area contributed by atoms with Gasteiger partial charge in [0.2, 0.25) is 15.9 Å². The lowest BCUT2D eigenvalue weighted by Crippen LogP contribution is -2.35. The third-order valence-electron chi connectivity index (χ3n) is 3.16. The molecular weight excluding hydrogens is 364 g/mol. The van der Waals surface area contributed by atoms with Crippen molar-refractivity contribution in [1.29, 1.82) is 0 Å². The predicted molar refractivity (Wildman–Crippen MR) is 81.2 cm³/mol. The maximum Gasteiger partial charge on any atom is 0.246 e. The van der Waals surface area contributed by atoms with Crippen LogP contribution in [0.4, 0.5) is 23.2 Å². The second kappa shape index (κ2) is 7.19. The Hall–Kier alpha value is -2.46. The molecule has 0 saturated carbocycles. The van der Waals surface area contributed by atoms with Crippen molar-refractivity contribution < 1.29 is 30.8 Å². The highest BCUT2D eigenvalue weighted by Gasteiger charge is 2.29. The Balaban J connectivity index is 2.17. The van der Waals surface area contributed by atoms with E-state index in [9.17, 15) is 30.8 Å². The van der Waals surface area contributed by atoms with Crippen LogP contribution in [0.15, 0.2) is 41.3 Å². The second-order valence-electron chi connectivity index (χ2n) is 4.99. The molecule has 134 valence electrons. The summed E-state index contributed by atoms with van der Waals surface area (Å²) in [5, 5.41) is 2.26. The average molecular weight is 376 g/mol. The summed E-state index contributed by atoms with van der Waals surface area (Å²) < 4.78 is 77.8. The van der Waals surface area contributed by atoms with Gasteiger partial charge in [-0.05, 0) is 30.3 Å². The van der Waals surface area contributed by atoms with E-state index in [2.05, 4.69) is 5.32 Å². The first-order valence-corrected chi connectivity index (χ1v) is 8.22. The highest BCUT2D eigenvalue weighted by atomic mass is 32.2. The SMILES string of the molecule is CN(CC(=O)Nc1cccc(F)c1)S(=O)(=O)c1ccc(F)c(F)c1F. The fourth-order valence-corrected chi connectivity index (χ4v) is 3.11. The van der Waals surface area contributed by atoms with Crippen LogP contribution in [0.5, 0.6) is 0 Å². The van der Waals surface area contributed by atoms with Crippen LogP contribution in [0, 0.1) is 23.3 Å². The van der Waals surface area contributed by atoms with Gasteiger partial charge in [-0.2, -0.15) is 4.31 Å². The summed E-state index contributed by atoms with van der Waals surface area (Å²) in [5.74, 6) is -6.79. The van der Waals surface area contributed by atoms with Gasteiger partial charge in [-0.3, -0.25) is 4.79 Å². The van der Waals surface area contributed by atoms with Gasteiger partial charge in [-0.1, -0.05) is 6.07 Å². The van der Waals surface area contributed by atoms with Crippen LogP contribution in [0.1, 0.15) is 0 Å². The minimum Gasteiger partial charge on any atom is -0.325 e. The fourth-order valence-electron chi connectivity index (χ4n) is 1.93. The van der Waals surface area contributed by atoms with E-state index in [1.165, 1.54) is 12.1 Å². The standard InChI is InChI=1S/C15H12F4N2O3S/c1-21(8-13(22)20-10-4-2-3-9(16)7-10)25(23,24)12-6-5-11(17)14(18)15(12)19/h2-7H,8H2,1H3,(H,20,22). The first kappa shape index (κ1) is 18.9. The maximum atomic E-state index is 13.7. The molecule has 2 aromatic carbocycles. The summed E-state index contributed by atoms with van der Waals surface area (Å²) in [6.07, 6.45) is 0. The number of nitrogens with zero attached hydrogens (tertiary/aromatic N) is 1. The van der Waals surface area contributed by atoms with Crippen LogP contribution in [0.25, 0.3) is 0 Å². The highest BCUT2D eigenvalue weighted by molar-refractivity contribution is 7.89. The van der Waals surface area contributed by atoms with E-state index in [1.54, 1.807) is 0 Å². The van der Waals surface area contributed by atoms with Crippen molar-refractivity contribution >= 4 is 21.6 Å². The van der Waals surface area contributed by atoms with Gasteiger partial charge in [0.15, 0.2) is 17.5 Å². The number of likely N-dealkylation sites (N-methyl/N-ethyl adjacent to an activating group) is 1. The summed E-state index contributed by atoms with van der Waals surface area (Å²) in [7, 11) is -3.63. The molecule has 1 amide bonds. The largest absolute Gasteiger partial charge is 0.325 e. The Morgan fingerprint density at radius 2 is 1.76 bits per heavy atom. The van der Waals surface area contributed by atoms with E-state index in [4.69, 9.17) is 0 Å². The van der Waals surface area contributed by atoms with E-state index in [-0.39, 0.29) is 5.69 Å². The fraction of sp³-hybridized carbons (Fsp3) is 0.133. The second-order valence-corrected chi connectivity index (χ2v) is 7.01. The van der Waals surface area contributed by atoms with Crippen molar-refractivity contribution in [3.8, 4) is 0 Å². The summed E-state index contributed by atoms with van der Waals surface area (Å²) in [6, 6.07) is 5.90. The Bertz CT molecular complexity index is 919. The molecule has 0 aliphatic rings. The molecule has 0 saturated heterocycles. The molecule has 5 nitrogen and oxygen atoms in total. The molecule has 0 radical (unpaired) electrons. The van der Waals surface area contributed by atoms with E-state index < -0.39 is 50.6 Å². The number of amides is 1. The molecule has 2 aromatic rings. The molecule has 2 rings (SSSR count). The Kier molecular flexibility index (Phi) is 5.43.